The SMILES string of the molecule is CC(=O)C(CCCCNC(=O)CCCCOC1OC(CO)C(O)C(O)C1O)NC(=O)CCCCOC1CC(O)C(O)C(CO)O1. The minimum Gasteiger partial charge on any atom is -0.394 e. The molecule has 16 heteroatoms. The molecule has 2 aliphatic rings. The summed E-state index contributed by atoms with van der Waals surface area (Å²) in [5.74, 6) is -0.567. The zero-order chi connectivity index (χ0) is 33.4. The average Bonchev–Trinajstić information content (AvgIpc) is 3.01. The Hall–Kier alpha value is -1.83. The number of hydrogen-bond acceptors (Lipinski definition) is 14. The number of carbonyl (C=O) groups excluding carboxylic acids is 3. The Morgan fingerprint density at radius 3 is 2.02 bits per heavy atom. The Morgan fingerprint density at radius 2 is 1.38 bits per heavy atom. The van der Waals surface area contributed by atoms with E-state index in [2.05, 4.69) is 10.6 Å². The second-order valence-electron chi connectivity index (χ2n) is 11.5. The van der Waals surface area contributed by atoms with Gasteiger partial charge in [0.1, 0.15) is 36.6 Å². The molecule has 2 amide bonds. The van der Waals surface area contributed by atoms with Crippen molar-refractivity contribution in [2.75, 3.05) is 33.0 Å². The van der Waals surface area contributed by atoms with Gasteiger partial charge in [0.25, 0.3) is 0 Å². The molecule has 2 saturated heterocycles. The molecule has 10 atom stereocenters. The van der Waals surface area contributed by atoms with Crippen LogP contribution in [-0.4, -0.2) is 148 Å². The molecule has 0 bridgehead atoms. The van der Waals surface area contributed by atoms with Crippen molar-refractivity contribution in [3.63, 3.8) is 0 Å². The topological polar surface area (TPSA) is 254 Å². The number of carbonyl (C=O) groups is 3. The lowest BCUT2D eigenvalue weighted by Crippen LogP contribution is -2.59. The van der Waals surface area contributed by atoms with Crippen molar-refractivity contribution in [1.82, 2.24) is 10.6 Å². The van der Waals surface area contributed by atoms with Gasteiger partial charge in [0, 0.05) is 39.0 Å². The van der Waals surface area contributed by atoms with Crippen LogP contribution < -0.4 is 10.6 Å². The molecule has 0 saturated carbocycles. The first kappa shape index (κ1) is 39.3. The summed E-state index contributed by atoms with van der Waals surface area (Å²) in [6.45, 7) is 1.24. The fourth-order valence-corrected chi connectivity index (χ4v) is 5.00. The second-order valence-corrected chi connectivity index (χ2v) is 11.5. The lowest BCUT2D eigenvalue weighted by Gasteiger charge is -2.39. The molecule has 0 spiro atoms. The number of nitrogens with one attached hydrogen (secondary N) is 2. The lowest BCUT2D eigenvalue weighted by molar-refractivity contribution is -0.301. The number of ketones is 1. The van der Waals surface area contributed by atoms with Crippen LogP contribution in [0.2, 0.25) is 0 Å². The Bertz CT molecular complexity index is 880. The molecule has 0 radical (unpaired) electrons. The van der Waals surface area contributed by atoms with Crippen molar-refractivity contribution < 1.29 is 69.1 Å². The highest BCUT2D eigenvalue weighted by Crippen LogP contribution is 2.23. The Kier molecular flexibility index (Phi) is 18.5. The van der Waals surface area contributed by atoms with Crippen molar-refractivity contribution in [2.45, 2.75) is 132 Å². The van der Waals surface area contributed by atoms with Gasteiger partial charge in [-0.1, -0.05) is 0 Å². The quantitative estimate of drug-likeness (QED) is 0.0575. The van der Waals surface area contributed by atoms with E-state index in [9.17, 15) is 50.1 Å². The third kappa shape index (κ3) is 13.8. The van der Waals surface area contributed by atoms with E-state index in [1.54, 1.807) is 0 Å². The largest absolute Gasteiger partial charge is 0.394 e. The summed E-state index contributed by atoms with van der Waals surface area (Å²) < 4.78 is 21.6. The molecular weight excluding hydrogens is 600 g/mol. The highest BCUT2D eigenvalue weighted by Gasteiger charge is 2.44. The van der Waals surface area contributed by atoms with Gasteiger partial charge in [-0.15, -0.1) is 0 Å². The molecular formula is C29H52N2O14. The van der Waals surface area contributed by atoms with Gasteiger partial charge in [-0.2, -0.15) is 0 Å². The molecule has 45 heavy (non-hydrogen) atoms. The molecule has 262 valence electrons. The van der Waals surface area contributed by atoms with Gasteiger partial charge in [0.15, 0.2) is 18.4 Å². The van der Waals surface area contributed by atoms with Crippen LogP contribution in [0.25, 0.3) is 0 Å². The first-order chi connectivity index (χ1) is 21.5. The molecule has 10 unspecified atom stereocenters. The van der Waals surface area contributed by atoms with E-state index in [0.29, 0.717) is 51.5 Å². The summed E-state index contributed by atoms with van der Waals surface area (Å²) in [7, 11) is 0. The minimum absolute atomic E-state index is 0.0781. The van der Waals surface area contributed by atoms with Gasteiger partial charge in [-0.3, -0.25) is 14.4 Å². The fourth-order valence-electron chi connectivity index (χ4n) is 5.00. The van der Waals surface area contributed by atoms with Gasteiger partial charge < -0.3 is 65.3 Å². The predicted molar refractivity (Wildman–Crippen MR) is 155 cm³/mol. The number of Topliss-reactive ketones (excluding diaryl/α,β-unsaturated/α-hetero) is 1. The molecule has 9 N–H and O–H groups in total. The van der Waals surface area contributed by atoms with Crippen LogP contribution in [0.3, 0.4) is 0 Å². The maximum Gasteiger partial charge on any atom is 0.220 e. The molecule has 2 rings (SSSR count). The van der Waals surface area contributed by atoms with E-state index >= 15 is 0 Å². The van der Waals surface area contributed by atoms with Crippen LogP contribution in [0.5, 0.6) is 0 Å². The van der Waals surface area contributed by atoms with Gasteiger partial charge in [0.2, 0.25) is 11.8 Å². The number of amides is 2. The summed E-state index contributed by atoms with van der Waals surface area (Å²) in [6, 6.07) is -0.618. The Balaban J connectivity index is 1.50. The standard InChI is InChI=1S/C29H52N2O14/c1-17(34)18(31-23(37)10-4-6-12-42-24-14-19(35)25(38)20(15-32)44-24)8-2-5-11-30-22(36)9-3-7-13-43-29-28(41)27(40)26(39)21(16-33)45-29/h18-21,24-29,32-33,35,38-41H,2-16H2,1H3,(H,30,36)(H,31,37). The maximum absolute atomic E-state index is 12.3. The summed E-state index contributed by atoms with van der Waals surface area (Å²) in [5.41, 5.74) is 0. The van der Waals surface area contributed by atoms with Crippen molar-refractivity contribution >= 4 is 17.6 Å². The maximum atomic E-state index is 12.3. The number of rotatable bonds is 21. The molecule has 0 aromatic heterocycles. The third-order valence-corrected chi connectivity index (χ3v) is 7.81. The van der Waals surface area contributed by atoms with Crippen molar-refractivity contribution in [1.29, 1.82) is 0 Å². The number of ether oxygens (including phenoxy) is 4. The average molecular weight is 653 g/mol. The van der Waals surface area contributed by atoms with E-state index in [0.717, 1.165) is 0 Å². The summed E-state index contributed by atoms with van der Waals surface area (Å²) >= 11 is 0. The third-order valence-electron chi connectivity index (χ3n) is 7.81. The zero-order valence-electron chi connectivity index (χ0n) is 25.9. The van der Waals surface area contributed by atoms with Crippen molar-refractivity contribution in [2.24, 2.45) is 0 Å². The summed E-state index contributed by atoms with van der Waals surface area (Å²) in [4.78, 5) is 36.5. The lowest BCUT2D eigenvalue weighted by atomic mass is 9.99. The van der Waals surface area contributed by atoms with Crippen LogP contribution in [-0.2, 0) is 33.3 Å². The van der Waals surface area contributed by atoms with Gasteiger partial charge in [-0.25, -0.2) is 0 Å². The van der Waals surface area contributed by atoms with E-state index < -0.39 is 74.6 Å². The molecule has 0 aromatic carbocycles. The molecule has 0 aliphatic carbocycles. The van der Waals surface area contributed by atoms with Crippen LogP contribution in [0.15, 0.2) is 0 Å². The molecule has 0 aromatic rings. The Morgan fingerprint density at radius 1 is 0.756 bits per heavy atom. The number of hydrogen-bond donors (Lipinski definition) is 9. The summed E-state index contributed by atoms with van der Waals surface area (Å²) in [5, 5.41) is 73.1. The Labute approximate surface area is 263 Å². The van der Waals surface area contributed by atoms with Gasteiger partial charge in [-0.05, 0) is 51.9 Å². The minimum atomic E-state index is -1.51. The van der Waals surface area contributed by atoms with E-state index in [-0.39, 0.29) is 50.1 Å². The normalized spacial score (nSPS) is 30.9. The van der Waals surface area contributed by atoms with E-state index in [1.807, 2.05) is 0 Å². The highest BCUT2D eigenvalue weighted by atomic mass is 16.7. The number of aliphatic hydroxyl groups is 7. The summed E-state index contributed by atoms with van der Waals surface area (Å²) in [6.07, 6.45) is -6.37. The van der Waals surface area contributed by atoms with Crippen LogP contribution in [0.4, 0.5) is 0 Å². The molecule has 2 fully saturated rings. The van der Waals surface area contributed by atoms with Gasteiger partial charge in [0.05, 0.1) is 25.4 Å². The van der Waals surface area contributed by atoms with E-state index in [4.69, 9.17) is 18.9 Å². The van der Waals surface area contributed by atoms with Crippen molar-refractivity contribution in [3.8, 4) is 0 Å². The fraction of sp³-hybridized carbons (Fsp3) is 0.897. The predicted octanol–water partition coefficient (Wildman–Crippen LogP) is -2.65. The second kappa shape index (κ2) is 21.1. The number of unbranched alkanes of at least 4 members (excludes halogenated alkanes) is 3. The number of aliphatic hydroxyl groups excluding tert-OH is 7. The van der Waals surface area contributed by atoms with Crippen LogP contribution in [0.1, 0.15) is 71.1 Å². The van der Waals surface area contributed by atoms with E-state index in [1.165, 1.54) is 6.92 Å². The highest BCUT2D eigenvalue weighted by molar-refractivity contribution is 5.87. The zero-order valence-corrected chi connectivity index (χ0v) is 25.9. The molecule has 2 heterocycles. The molecule has 16 nitrogen and oxygen atoms in total. The smallest absolute Gasteiger partial charge is 0.220 e. The first-order valence-corrected chi connectivity index (χ1v) is 15.7. The van der Waals surface area contributed by atoms with Crippen LogP contribution >= 0.6 is 0 Å². The molecule has 2 aliphatic heterocycles. The van der Waals surface area contributed by atoms with Crippen LogP contribution in [0, 0.1) is 0 Å². The first-order valence-electron chi connectivity index (χ1n) is 15.7. The van der Waals surface area contributed by atoms with Gasteiger partial charge >= 0.3 is 0 Å². The van der Waals surface area contributed by atoms with Crippen molar-refractivity contribution in [3.05, 3.63) is 0 Å². The monoisotopic (exact) mass is 652 g/mol.